The lowest BCUT2D eigenvalue weighted by Gasteiger charge is -2.31. The highest BCUT2D eigenvalue weighted by Gasteiger charge is 2.41. The maximum atomic E-state index is 15.7. The first-order valence-electron chi connectivity index (χ1n) is 27.9. The van der Waals surface area contributed by atoms with E-state index in [9.17, 15) is 65.1 Å². The first kappa shape index (κ1) is 64.3. The van der Waals surface area contributed by atoms with Gasteiger partial charge in [-0.3, -0.25) is 24.0 Å². The molecule has 8 atom stereocenters. The molecule has 7 aromatic carbocycles. The number of aromatic hydroxyl groups is 6. The number of phenolic OH excluding ortho intramolecular Hbond substituents is 6. The van der Waals surface area contributed by atoms with Crippen molar-refractivity contribution in [2.45, 2.75) is 81.2 Å². The number of halogens is 2. The molecule has 0 aromatic heterocycles. The number of carboxylic acids is 1. The van der Waals surface area contributed by atoms with Crippen molar-refractivity contribution in [2.24, 2.45) is 5.73 Å². The van der Waals surface area contributed by atoms with Crippen LogP contribution < -0.4 is 51.8 Å². The Balaban J connectivity index is 1.15. The second kappa shape index (κ2) is 25.6. The number of hydrogen-bond acceptors (Lipinski definition) is 20. The number of carbonyl (C=O) groups is 7. The van der Waals surface area contributed by atoms with Crippen LogP contribution in [0.15, 0.2) is 115 Å². The number of carbonyl (C=O) groups excluding carboxylic acids is 6. The molecule has 5 aliphatic heterocycles. The van der Waals surface area contributed by atoms with Gasteiger partial charge in [0.15, 0.2) is 29.0 Å². The van der Waals surface area contributed by atoms with Crippen LogP contribution in [0.2, 0.25) is 10.0 Å². The number of benzene rings is 7. The molecule has 0 fully saturated rings. The van der Waals surface area contributed by atoms with Crippen LogP contribution in [0.25, 0.3) is 11.1 Å². The second-order valence-electron chi connectivity index (χ2n) is 22.5. The predicted octanol–water partition coefficient (Wildman–Crippen LogP) is 6.37. The monoisotopic (exact) mass is 1300 g/mol. The fraction of sp³-hybridized carbons (Fsp3) is 0.222. The number of aliphatic hydroxyl groups is 2. The molecule has 0 radical (unpaired) electrons. The number of amides is 6. The van der Waals surface area contributed by atoms with Crippen LogP contribution in [-0.4, -0.2) is 112 Å². The van der Waals surface area contributed by atoms with Crippen molar-refractivity contribution < 1.29 is 98.5 Å². The Morgan fingerprint density at radius 2 is 1.22 bits per heavy atom. The molecular weight excluding hydrogens is 1250 g/mol. The number of alkyl carbamates (subject to hydrolysis) is 1. The van der Waals surface area contributed by atoms with Crippen LogP contribution >= 0.6 is 23.2 Å². The van der Waals surface area contributed by atoms with Crippen LogP contribution in [0, 0.1) is 0 Å². The molecule has 7 aromatic rings. The van der Waals surface area contributed by atoms with Crippen molar-refractivity contribution in [3.8, 4) is 80.1 Å². The Labute approximate surface area is 530 Å². The molecule has 11 bridgehead atoms. The first-order valence-corrected chi connectivity index (χ1v) is 28.6. The third-order valence-corrected chi connectivity index (χ3v) is 15.4. The fourth-order valence-corrected chi connectivity index (χ4v) is 10.9. The molecule has 478 valence electrons. The van der Waals surface area contributed by atoms with E-state index in [0.717, 1.165) is 66.7 Å². The first-order chi connectivity index (χ1) is 43.5. The third-order valence-electron chi connectivity index (χ3n) is 14.8. The Morgan fingerprint density at radius 3 is 1.85 bits per heavy atom. The minimum Gasteiger partial charge on any atom is -0.508 e. The van der Waals surface area contributed by atoms with E-state index in [0.29, 0.717) is 5.56 Å². The highest BCUT2D eigenvalue weighted by molar-refractivity contribution is 6.32. The summed E-state index contributed by atoms with van der Waals surface area (Å²) in [7, 11) is 0. The quantitative estimate of drug-likeness (QED) is 0.0823. The van der Waals surface area contributed by atoms with E-state index < -0.39 is 165 Å². The van der Waals surface area contributed by atoms with E-state index in [4.69, 9.17) is 47.9 Å². The molecule has 29 heteroatoms. The fourth-order valence-electron chi connectivity index (χ4n) is 10.4. The number of phenols is 6. The lowest BCUT2D eigenvalue weighted by Crippen LogP contribution is -2.55. The van der Waals surface area contributed by atoms with Crippen LogP contribution in [-0.2, 0) is 39.9 Å². The number of nitrogens with one attached hydrogen (secondary N) is 6. The van der Waals surface area contributed by atoms with Gasteiger partial charge in [-0.15, -0.1) is 0 Å². The molecule has 27 nitrogen and oxygen atoms in total. The molecule has 0 spiro atoms. The average molecular weight is 1300 g/mol. The van der Waals surface area contributed by atoms with Crippen LogP contribution in [0.4, 0.5) is 4.79 Å². The van der Waals surface area contributed by atoms with Gasteiger partial charge in [-0.1, -0.05) is 47.5 Å². The lowest BCUT2D eigenvalue weighted by atomic mass is 9.89. The van der Waals surface area contributed by atoms with Gasteiger partial charge < -0.3 is 103 Å². The van der Waals surface area contributed by atoms with Crippen molar-refractivity contribution in [3.63, 3.8) is 0 Å². The summed E-state index contributed by atoms with van der Waals surface area (Å²) in [5, 5.41) is 115. The number of hydrogen-bond donors (Lipinski definition) is 16. The van der Waals surface area contributed by atoms with Crippen LogP contribution in [0.5, 0.6) is 69.0 Å². The molecule has 0 unspecified atom stereocenters. The standard InChI is InChI=1S/C63H57Cl2N7O20/c1-63(2,3)92-62(88)67-39(24-73)26-5-9-41(77)45(18-26)89-33-15-29(14-31(74)21-33)50-58(83)70-51-30-19-46(90-43-10-4-25(12-36(43)64)13-38(66)56(81)68-50)55(80)47(20-30)91-44-11-7-28(17-37(44)65)54(79)53-60(85)71-52(61(86)87)35-22-32(75)23-42(78)48(35)34-16-27(6-8-40(34)76)49(57(82)72-53)69-59(51)84/h4-12,14-23,38-39,49-54,73-80H,13,24,66H2,1-3H3,(H,67,88)(H,68,81)(H,69,84)(H,70,83)(H,71,85)(H,72,82)(H,86,87)/t38-,39+,49-,50+,51-,52+,53+,54-/m1/s1. The van der Waals surface area contributed by atoms with E-state index in [2.05, 4.69) is 31.9 Å². The maximum absolute atomic E-state index is 15.7. The largest absolute Gasteiger partial charge is 0.508 e. The topological polar surface area (TPSA) is 437 Å². The highest BCUT2D eigenvalue weighted by Crippen LogP contribution is 2.48. The van der Waals surface area contributed by atoms with Crippen molar-refractivity contribution in [2.75, 3.05) is 6.61 Å². The zero-order chi connectivity index (χ0) is 66.4. The maximum Gasteiger partial charge on any atom is 0.408 e. The number of carboxylic acid groups (broad SMARTS) is 1. The molecule has 0 saturated carbocycles. The number of ether oxygens (including phenoxy) is 4. The van der Waals surface area contributed by atoms with Crippen molar-refractivity contribution >= 4 is 64.8 Å². The molecule has 0 aliphatic carbocycles. The second-order valence-corrected chi connectivity index (χ2v) is 23.4. The number of aliphatic carboxylic acids is 1. The predicted molar refractivity (Wildman–Crippen MR) is 323 cm³/mol. The SMILES string of the molecule is CC(C)(C)OC(=O)N[C@@H](CO)c1ccc(O)c(Oc2cc(O)cc([C@@H]3NC(=O)[C@H](N)Cc4ccc(c(Cl)c4)Oc4cc5cc(c4O)Oc4ccc(cc4Cl)[C@@H](O)[C@@H]4NC(=O)[C@H](NC(=O)[C@@H]5NC3=O)c3ccc(O)c(c3)-c3c(O)cc(O)cc3[C@@H](C(=O)O)NC4=O)c2)c1. The van der Waals surface area contributed by atoms with Gasteiger partial charge in [-0.05, 0) is 139 Å². The molecule has 12 rings (SSSR count). The molecule has 92 heavy (non-hydrogen) atoms. The third kappa shape index (κ3) is 13.7. The Morgan fingerprint density at radius 1 is 0.630 bits per heavy atom. The summed E-state index contributed by atoms with van der Waals surface area (Å²) in [6, 6.07) is 8.53. The molecular formula is C63H57Cl2N7O20. The summed E-state index contributed by atoms with van der Waals surface area (Å²) in [6.07, 6.45) is -3.26. The summed E-state index contributed by atoms with van der Waals surface area (Å²) >= 11 is 13.6. The molecule has 17 N–H and O–H groups in total. The van der Waals surface area contributed by atoms with Gasteiger partial charge >= 0.3 is 12.1 Å². The van der Waals surface area contributed by atoms with Crippen molar-refractivity contribution in [1.82, 2.24) is 31.9 Å². The van der Waals surface area contributed by atoms with Gasteiger partial charge in [0.05, 0.1) is 28.7 Å². The van der Waals surface area contributed by atoms with Crippen molar-refractivity contribution in [3.05, 3.63) is 164 Å². The summed E-state index contributed by atoms with van der Waals surface area (Å²) in [6.45, 7) is 4.24. The average Bonchev–Trinajstić information content (AvgIpc) is 0.786. The van der Waals surface area contributed by atoms with Crippen molar-refractivity contribution in [1.29, 1.82) is 0 Å². The zero-order valence-corrected chi connectivity index (χ0v) is 49.9. The highest BCUT2D eigenvalue weighted by atomic mass is 35.5. The zero-order valence-electron chi connectivity index (χ0n) is 48.4. The number of rotatable bonds is 7. The Hall–Kier alpha value is -10.7. The minimum absolute atomic E-state index is 0.0864. The summed E-state index contributed by atoms with van der Waals surface area (Å²) < 4.78 is 23.8. The Kier molecular flexibility index (Phi) is 17.9. The lowest BCUT2D eigenvalue weighted by molar-refractivity contribution is -0.143. The van der Waals surface area contributed by atoms with Gasteiger partial charge in [0, 0.05) is 28.8 Å². The van der Waals surface area contributed by atoms with Gasteiger partial charge in [0.25, 0.3) is 0 Å². The number of fused-ring (bicyclic) bond motifs is 15. The smallest absolute Gasteiger partial charge is 0.408 e. The van der Waals surface area contributed by atoms with E-state index in [1.165, 1.54) is 48.5 Å². The van der Waals surface area contributed by atoms with Gasteiger partial charge in [0.2, 0.25) is 35.3 Å². The van der Waals surface area contributed by atoms with Gasteiger partial charge in [-0.2, -0.15) is 0 Å². The van der Waals surface area contributed by atoms with Crippen LogP contribution in [0.1, 0.15) is 96.0 Å². The van der Waals surface area contributed by atoms with E-state index >= 15 is 14.4 Å². The number of nitrogens with two attached hydrogens (primary N) is 1. The van der Waals surface area contributed by atoms with Gasteiger partial charge in [0.1, 0.15) is 76.1 Å². The molecule has 5 heterocycles. The summed E-state index contributed by atoms with van der Waals surface area (Å²) in [4.78, 5) is 101. The van der Waals surface area contributed by atoms with E-state index in [-0.39, 0.29) is 67.3 Å². The summed E-state index contributed by atoms with van der Waals surface area (Å²) in [5.74, 6) is -14.2. The van der Waals surface area contributed by atoms with E-state index in [1.807, 2.05) is 0 Å². The minimum atomic E-state index is -2.21. The number of aliphatic hydroxyl groups excluding tert-OH is 2. The summed E-state index contributed by atoms with van der Waals surface area (Å²) in [5.41, 5.74) is 3.63. The molecule has 5 aliphatic rings. The normalized spacial score (nSPS) is 20.3. The molecule has 0 saturated heterocycles. The molecule has 6 amide bonds. The van der Waals surface area contributed by atoms with Gasteiger partial charge in [-0.25, -0.2) is 9.59 Å². The van der Waals surface area contributed by atoms with E-state index in [1.54, 1.807) is 20.8 Å². The van der Waals surface area contributed by atoms with Crippen LogP contribution in [0.3, 0.4) is 0 Å². The Bertz CT molecular complexity index is 4180.